The van der Waals surface area contributed by atoms with Crippen molar-refractivity contribution < 1.29 is 0 Å². The van der Waals surface area contributed by atoms with Gasteiger partial charge in [0.05, 0.1) is 5.69 Å². The lowest BCUT2D eigenvalue weighted by molar-refractivity contribution is 0.548. The van der Waals surface area contributed by atoms with Crippen molar-refractivity contribution in [1.82, 2.24) is 20.3 Å². The molecule has 0 aliphatic carbocycles. The maximum atomic E-state index is 4.71. The Bertz CT molecular complexity index is 593. The van der Waals surface area contributed by atoms with Gasteiger partial charge >= 0.3 is 0 Å². The maximum absolute atomic E-state index is 4.71. The zero-order chi connectivity index (χ0) is 15.2. The van der Waals surface area contributed by atoms with Crippen molar-refractivity contribution in [1.29, 1.82) is 0 Å². The van der Waals surface area contributed by atoms with E-state index in [0.717, 1.165) is 42.3 Å². The van der Waals surface area contributed by atoms with Crippen molar-refractivity contribution in [2.45, 2.75) is 40.7 Å². The summed E-state index contributed by atoms with van der Waals surface area (Å²) in [6, 6.07) is 4.04. The van der Waals surface area contributed by atoms with Gasteiger partial charge in [0.25, 0.3) is 0 Å². The molecule has 0 fully saturated rings. The molecule has 0 unspecified atom stereocenters. The largest absolute Gasteiger partial charge is 0.311 e. The summed E-state index contributed by atoms with van der Waals surface area (Å²) in [5.41, 5.74) is 4.31. The van der Waals surface area contributed by atoms with Crippen molar-refractivity contribution in [2.75, 3.05) is 6.54 Å². The zero-order valence-electron chi connectivity index (χ0n) is 13.3. The molecule has 4 heteroatoms. The molecule has 0 bridgehead atoms. The van der Waals surface area contributed by atoms with Crippen molar-refractivity contribution in [3.8, 4) is 11.4 Å². The smallest absolute Gasteiger partial charge is 0.160 e. The first kappa shape index (κ1) is 15.6. The van der Waals surface area contributed by atoms with E-state index in [2.05, 4.69) is 36.1 Å². The first-order valence-corrected chi connectivity index (χ1v) is 7.58. The third kappa shape index (κ3) is 4.33. The average Bonchev–Trinajstić information content (AvgIpc) is 2.46. The standard InChI is InChI=1S/C17H24N4/c1-5-14-10-18-7-6-16(14)17-20-13(4)8-15(21-17)11-19-9-12(2)3/h6-8,10,12,19H,5,9,11H2,1-4H3. The first-order valence-electron chi connectivity index (χ1n) is 7.58. The van der Waals surface area contributed by atoms with E-state index in [4.69, 9.17) is 4.98 Å². The predicted octanol–water partition coefficient (Wildman–Crippen LogP) is 3.16. The van der Waals surface area contributed by atoms with Gasteiger partial charge in [0.15, 0.2) is 5.82 Å². The highest BCUT2D eigenvalue weighted by atomic mass is 14.9. The van der Waals surface area contributed by atoms with Crippen LogP contribution in [-0.2, 0) is 13.0 Å². The fraction of sp³-hybridized carbons (Fsp3) is 0.471. The fourth-order valence-electron chi connectivity index (χ4n) is 2.26. The van der Waals surface area contributed by atoms with E-state index in [9.17, 15) is 0 Å². The molecule has 4 nitrogen and oxygen atoms in total. The van der Waals surface area contributed by atoms with E-state index in [0.29, 0.717) is 5.92 Å². The number of hydrogen-bond acceptors (Lipinski definition) is 4. The number of aromatic nitrogens is 3. The molecule has 0 saturated heterocycles. The van der Waals surface area contributed by atoms with E-state index in [1.807, 2.05) is 25.3 Å². The van der Waals surface area contributed by atoms with Gasteiger partial charge in [-0.05, 0) is 43.5 Å². The molecule has 0 spiro atoms. The molecule has 0 atom stereocenters. The summed E-state index contributed by atoms with van der Waals surface area (Å²) >= 11 is 0. The third-order valence-corrected chi connectivity index (χ3v) is 3.29. The molecular formula is C17H24N4. The second kappa shape index (κ2) is 7.27. The highest BCUT2D eigenvalue weighted by molar-refractivity contribution is 5.59. The molecule has 1 N–H and O–H groups in total. The molecule has 0 saturated carbocycles. The van der Waals surface area contributed by atoms with Gasteiger partial charge in [-0.1, -0.05) is 20.8 Å². The zero-order valence-corrected chi connectivity index (χ0v) is 13.3. The Balaban J connectivity index is 2.26. The predicted molar refractivity (Wildman–Crippen MR) is 85.9 cm³/mol. The molecule has 2 aromatic rings. The molecule has 2 rings (SSSR count). The van der Waals surface area contributed by atoms with Crippen LogP contribution in [0.2, 0.25) is 0 Å². The summed E-state index contributed by atoms with van der Waals surface area (Å²) in [7, 11) is 0. The van der Waals surface area contributed by atoms with E-state index in [-0.39, 0.29) is 0 Å². The van der Waals surface area contributed by atoms with Crippen LogP contribution in [0.4, 0.5) is 0 Å². The van der Waals surface area contributed by atoms with Crippen LogP contribution in [-0.4, -0.2) is 21.5 Å². The summed E-state index contributed by atoms with van der Waals surface area (Å²) in [6.07, 6.45) is 4.63. The second-order valence-electron chi connectivity index (χ2n) is 5.74. The van der Waals surface area contributed by atoms with E-state index in [1.54, 1.807) is 6.20 Å². The molecule has 0 radical (unpaired) electrons. The van der Waals surface area contributed by atoms with E-state index < -0.39 is 0 Å². The van der Waals surface area contributed by atoms with Crippen LogP contribution < -0.4 is 5.32 Å². The maximum Gasteiger partial charge on any atom is 0.160 e. The molecule has 0 aliphatic rings. The molecule has 0 aliphatic heterocycles. The van der Waals surface area contributed by atoms with Crippen LogP contribution >= 0.6 is 0 Å². The van der Waals surface area contributed by atoms with Crippen LogP contribution in [0.5, 0.6) is 0 Å². The molecule has 0 amide bonds. The van der Waals surface area contributed by atoms with Crippen LogP contribution in [0.25, 0.3) is 11.4 Å². The Hall–Kier alpha value is -1.81. The monoisotopic (exact) mass is 284 g/mol. The van der Waals surface area contributed by atoms with Crippen LogP contribution in [0.3, 0.4) is 0 Å². The van der Waals surface area contributed by atoms with Crippen molar-refractivity contribution >= 4 is 0 Å². The number of hydrogen-bond donors (Lipinski definition) is 1. The van der Waals surface area contributed by atoms with Gasteiger partial charge in [-0.2, -0.15) is 0 Å². The lowest BCUT2D eigenvalue weighted by Crippen LogP contribution is -2.20. The Kier molecular flexibility index (Phi) is 5.39. The number of pyridine rings is 1. The highest BCUT2D eigenvalue weighted by Gasteiger charge is 2.09. The fourth-order valence-corrected chi connectivity index (χ4v) is 2.26. The number of nitrogens with one attached hydrogen (secondary N) is 1. The van der Waals surface area contributed by atoms with Gasteiger partial charge in [0, 0.05) is 30.2 Å². The minimum Gasteiger partial charge on any atom is -0.311 e. The molecule has 2 heterocycles. The van der Waals surface area contributed by atoms with Gasteiger partial charge in [0.2, 0.25) is 0 Å². The number of rotatable bonds is 6. The normalized spacial score (nSPS) is 11.1. The van der Waals surface area contributed by atoms with Gasteiger partial charge < -0.3 is 5.32 Å². The quantitative estimate of drug-likeness (QED) is 0.885. The van der Waals surface area contributed by atoms with Crippen LogP contribution in [0, 0.1) is 12.8 Å². The Morgan fingerprint density at radius 1 is 1.24 bits per heavy atom. The summed E-state index contributed by atoms with van der Waals surface area (Å²) in [4.78, 5) is 13.5. The topological polar surface area (TPSA) is 50.7 Å². The van der Waals surface area contributed by atoms with Crippen LogP contribution in [0.15, 0.2) is 24.5 Å². The molecule has 2 aromatic heterocycles. The Morgan fingerprint density at radius 2 is 2.05 bits per heavy atom. The summed E-state index contributed by atoms with van der Waals surface area (Å²) in [5.74, 6) is 1.44. The first-order chi connectivity index (χ1) is 10.1. The van der Waals surface area contributed by atoms with Gasteiger partial charge in [-0.15, -0.1) is 0 Å². The second-order valence-corrected chi connectivity index (χ2v) is 5.74. The summed E-state index contributed by atoms with van der Waals surface area (Å²) < 4.78 is 0. The average molecular weight is 284 g/mol. The molecule has 0 aromatic carbocycles. The Labute approximate surface area is 127 Å². The molecule has 21 heavy (non-hydrogen) atoms. The lowest BCUT2D eigenvalue weighted by atomic mass is 10.1. The number of nitrogens with zero attached hydrogens (tertiary/aromatic N) is 3. The van der Waals surface area contributed by atoms with Crippen LogP contribution in [0.1, 0.15) is 37.7 Å². The molecule has 112 valence electrons. The van der Waals surface area contributed by atoms with Crippen molar-refractivity contribution in [2.24, 2.45) is 5.92 Å². The Morgan fingerprint density at radius 3 is 2.76 bits per heavy atom. The SMILES string of the molecule is CCc1cnccc1-c1nc(C)cc(CNCC(C)C)n1. The minimum atomic E-state index is 0.638. The van der Waals surface area contributed by atoms with Gasteiger partial charge in [-0.25, -0.2) is 9.97 Å². The molecular weight excluding hydrogens is 260 g/mol. The third-order valence-electron chi connectivity index (χ3n) is 3.29. The summed E-state index contributed by atoms with van der Waals surface area (Å²) in [5, 5.41) is 3.43. The summed E-state index contributed by atoms with van der Waals surface area (Å²) in [6.45, 7) is 10.3. The number of aryl methyl sites for hydroxylation is 2. The van der Waals surface area contributed by atoms with E-state index in [1.165, 1.54) is 5.56 Å². The van der Waals surface area contributed by atoms with Gasteiger partial charge in [-0.3, -0.25) is 4.98 Å². The highest BCUT2D eigenvalue weighted by Crippen LogP contribution is 2.20. The lowest BCUT2D eigenvalue weighted by Gasteiger charge is -2.10. The van der Waals surface area contributed by atoms with Crippen molar-refractivity contribution in [3.63, 3.8) is 0 Å². The van der Waals surface area contributed by atoms with Crippen molar-refractivity contribution in [3.05, 3.63) is 41.5 Å². The minimum absolute atomic E-state index is 0.638. The van der Waals surface area contributed by atoms with E-state index >= 15 is 0 Å². The van der Waals surface area contributed by atoms with Gasteiger partial charge in [0.1, 0.15) is 0 Å².